The SMILES string of the molecule is COc1ccc2c(c1)CC(c1ccn(-c3ccc4c(cnn4CCN4CCCC4)c3)c(=O)c1)N2.COc1ccc2c(c1)cc(-c1ccn(-c3ccc4c(cnn4CCN4CCCC4)c3)c(=O)c1)n2C.O=c1cc(-c2ccc(-n3cccn3)cc2)ccn1-c1ccc2c(cnn2CCN2CCCC2)c1. The summed E-state index contributed by atoms with van der Waals surface area (Å²) in [6.07, 6.45) is 23.6. The molecular weight excluding hydrogens is 1290 g/mol. The highest BCUT2D eigenvalue weighted by Gasteiger charge is 2.24. The molecule has 0 saturated carbocycles. The lowest BCUT2D eigenvalue weighted by molar-refractivity contribution is 0.318. The number of nitrogens with zero attached hydrogens (tertiary/aromatic N) is 15. The Morgan fingerprint density at radius 3 is 1.38 bits per heavy atom. The van der Waals surface area contributed by atoms with E-state index in [0.29, 0.717) is 0 Å². The number of likely N-dealkylation sites (tertiary alicyclic amines) is 3. The molecular formula is C82H84N16O5. The molecule has 21 heteroatoms. The van der Waals surface area contributed by atoms with Gasteiger partial charge in [-0.15, -0.1) is 0 Å². The average Bonchev–Trinajstić information content (AvgIpc) is 1.58. The first kappa shape index (κ1) is 66.2. The molecule has 0 radical (unpaired) electrons. The first-order valence-electron chi connectivity index (χ1n) is 35.9. The summed E-state index contributed by atoms with van der Waals surface area (Å²) < 4.78 is 25.9. The van der Waals surface area contributed by atoms with Crippen molar-refractivity contribution in [3.8, 4) is 56.6 Å². The molecule has 0 aliphatic carbocycles. The van der Waals surface area contributed by atoms with E-state index < -0.39 is 0 Å². The third kappa shape index (κ3) is 14.1. The van der Waals surface area contributed by atoms with Crippen molar-refractivity contribution < 1.29 is 9.47 Å². The predicted octanol–water partition coefficient (Wildman–Crippen LogP) is 12.6. The molecule has 4 aliphatic heterocycles. The molecule has 6 aromatic carbocycles. The summed E-state index contributed by atoms with van der Waals surface area (Å²) in [6.45, 7) is 12.9. The molecule has 1 N–H and O–H groups in total. The smallest absolute Gasteiger partial charge is 0.255 e. The minimum Gasteiger partial charge on any atom is -0.497 e. The van der Waals surface area contributed by atoms with Gasteiger partial charge in [0, 0.05) is 137 Å². The van der Waals surface area contributed by atoms with E-state index in [1.165, 1.54) is 83.4 Å². The van der Waals surface area contributed by atoms with Gasteiger partial charge in [0.25, 0.3) is 16.7 Å². The molecule has 1 unspecified atom stereocenters. The molecule has 3 saturated heterocycles. The molecule has 14 aromatic rings. The van der Waals surface area contributed by atoms with Crippen LogP contribution in [0.2, 0.25) is 0 Å². The Morgan fingerprint density at radius 1 is 0.417 bits per heavy atom. The zero-order valence-electron chi connectivity index (χ0n) is 58.5. The Morgan fingerprint density at radius 2 is 0.883 bits per heavy atom. The number of ether oxygens (including phenoxy) is 2. The van der Waals surface area contributed by atoms with Crippen molar-refractivity contribution in [2.75, 3.05) is 78.4 Å². The first-order chi connectivity index (χ1) is 50.5. The lowest BCUT2D eigenvalue weighted by atomic mass is 10.0. The van der Waals surface area contributed by atoms with Crippen LogP contribution in [-0.4, -0.2) is 145 Å². The Bertz CT molecular complexity index is 5540. The molecule has 8 aromatic heterocycles. The van der Waals surface area contributed by atoms with E-state index in [2.05, 4.69) is 89.4 Å². The number of aryl methyl sites for hydroxylation is 1. The normalized spacial score (nSPS) is 15.4. The van der Waals surface area contributed by atoms with Crippen LogP contribution in [0.5, 0.6) is 11.5 Å². The number of methoxy groups -OCH3 is 2. The lowest BCUT2D eigenvalue weighted by Gasteiger charge is -2.15. The fraction of sp³-hybridized carbons (Fsp3) is 0.280. The molecule has 3 fully saturated rings. The highest BCUT2D eigenvalue weighted by molar-refractivity contribution is 5.88. The van der Waals surface area contributed by atoms with Crippen LogP contribution in [0, 0.1) is 0 Å². The number of rotatable bonds is 18. The molecule has 0 bridgehead atoms. The quantitative estimate of drug-likeness (QED) is 0.0857. The van der Waals surface area contributed by atoms with Crippen LogP contribution in [-0.2, 0) is 33.1 Å². The van der Waals surface area contributed by atoms with E-state index in [9.17, 15) is 14.4 Å². The maximum absolute atomic E-state index is 13.1. The van der Waals surface area contributed by atoms with Crippen molar-refractivity contribution in [2.45, 2.75) is 70.6 Å². The minimum absolute atomic E-state index is 0.0337. The molecule has 18 rings (SSSR count). The van der Waals surface area contributed by atoms with Crippen LogP contribution in [0.25, 0.3) is 88.7 Å². The number of benzene rings is 6. The number of hydrogen-bond donors (Lipinski definition) is 1. The highest BCUT2D eigenvalue weighted by atomic mass is 16.5. The van der Waals surface area contributed by atoms with Crippen LogP contribution >= 0.6 is 0 Å². The van der Waals surface area contributed by atoms with Crippen molar-refractivity contribution in [3.05, 3.63) is 256 Å². The monoisotopic (exact) mass is 1370 g/mol. The summed E-state index contributed by atoms with van der Waals surface area (Å²) >= 11 is 0. The van der Waals surface area contributed by atoms with Gasteiger partial charge in [0.15, 0.2) is 0 Å². The standard InChI is InChI=1S/C28H29N5O2.C27H26N6O.C27H29N5O2/c1-30-25-8-6-24(35-2)16-21(25)17-27(30)20-9-12-32(28(34)18-20)23-5-7-26-22(15-23)19-29-33(26)14-13-31-10-3-4-11-31;34-27-19-22(21-4-6-24(7-5-21)32-14-3-11-28-32)10-15-31(27)25-8-9-26-23(18-25)20-29-33(26)17-16-30-12-1-2-13-30;1-34-23-5-6-24-20(15-23)16-25(29-24)19-8-11-31(27(33)17-19)22-4-7-26-21(14-22)18-28-32(26)13-12-30-9-2-3-10-30/h5-9,12,15-19H,3-4,10-11,13-14H2,1-2H3;3-11,14-15,18-20H,1-2,12-13,16-17H2;4-8,11,14-15,17-18,25,29H,2-3,9-10,12-13,16H2,1H3. The van der Waals surface area contributed by atoms with Crippen molar-refractivity contribution in [2.24, 2.45) is 7.05 Å². The van der Waals surface area contributed by atoms with Crippen molar-refractivity contribution >= 4 is 49.3 Å². The van der Waals surface area contributed by atoms with Gasteiger partial charge in [-0.25, -0.2) is 4.68 Å². The van der Waals surface area contributed by atoms with E-state index in [0.717, 1.165) is 157 Å². The number of nitrogens with one attached hydrogen (secondary N) is 1. The Hall–Kier alpha value is -11.4. The third-order valence-electron chi connectivity index (χ3n) is 21.0. The summed E-state index contributed by atoms with van der Waals surface area (Å²) in [7, 11) is 5.37. The van der Waals surface area contributed by atoms with Gasteiger partial charge in [-0.2, -0.15) is 20.4 Å². The van der Waals surface area contributed by atoms with Crippen molar-refractivity contribution in [1.82, 2.24) is 72.1 Å². The predicted molar refractivity (Wildman–Crippen MR) is 407 cm³/mol. The van der Waals surface area contributed by atoms with Crippen LogP contribution in [0.15, 0.2) is 228 Å². The number of fused-ring (bicyclic) bond motifs is 5. The zero-order valence-corrected chi connectivity index (χ0v) is 58.5. The van der Waals surface area contributed by atoms with E-state index in [4.69, 9.17) is 9.47 Å². The topological polar surface area (TPSA) is 182 Å². The van der Waals surface area contributed by atoms with Crippen LogP contribution in [0.1, 0.15) is 55.7 Å². The molecule has 4 aliphatic rings. The highest BCUT2D eigenvalue weighted by Crippen LogP contribution is 2.37. The second-order valence-corrected chi connectivity index (χ2v) is 27.3. The molecule has 522 valence electrons. The van der Waals surface area contributed by atoms with Crippen LogP contribution in [0.4, 0.5) is 5.69 Å². The largest absolute Gasteiger partial charge is 0.497 e. The fourth-order valence-electron chi connectivity index (χ4n) is 15.2. The van der Waals surface area contributed by atoms with Gasteiger partial charge >= 0.3 is 0 Å². The van der Waals surface area contributed by atoms with E-state index in [1.54, 1.807) is 52.3 Å². The maximum atomic E-state index is 13.1. The molecule has 12 heterocycles. The summed E-state index contributed by atoms with van der Waals surface area (Å²) in [5.41, 5.74) is 14.8. The van der Waals surface area contributed by atoms with Crippen molar-refractivity contribution in [1.29, 1.82) is 0 Å². The Balaban J connectivity index is 0.000000119. The number of pyridine rings is 3. The summed E-state index contributed by atoms with van der Waals surface area (Å²) in [5.74, 6) is 1.67. The molecule has 1 atom stereocenters. The van der Waals surface area contributed by atoms with Gasteiger partial charge in [-0.05, 0) is 240 Å². The second kappa shape index (κ2) is 29.3. The Kier molecular flexibility index (Phi) is 18.8. The molecule has 0 spiro atoms. The summed E-state index contributed by atoms with van der Waals surface area (Å²) in [5, 5.41) is 25.8. The first-order valence-corrected chi connectivity index (χ1v) is 35.9. The van der Waals surface area contributed by atoms with Gasteiger partial charge in [-0.1, -0.05) is 12.1 Å². The van der Waals surface area contributed by atoms with E-state index >= 15 is 0 Å². The maximum Gasteiger partial charge on any atom is 0.255 e. The number of anilines is 1. The molecule has 103 heavy (non-hydrogen) atoms. The van der Waals surface area contributed by atoms with Crippen molar-refractivity contribution in [3.63, 3.8) is 0 Å². The molecule has 21 nitrogen and oxygen atoms in total. The van der Waals surface area contributed by atoms with Gasteiger partial charge in [0.2, 0.25) is 0 Å². The van der Waals surface area contributed by atoms with Gasteiger partial charge in [0.1, 0.15) is 11.5 Å². The summed E-state index contributed by atoms with van der Waals surface area (Å²) in [4.78, 5) is 46.7. The van der Waals surface area contributed by atoms with E-state index in [1.807, 2.05) is 170 Å². The van der Waals surface area contributed by atoms with Gasteiger partial charge in [0.05, 0.1) is 80.7 Å². The minimum atomic E-state index is -0.0638. The fourth-order valence-corrected chi connectivity index (χ4v) is 15.2. The zero-order chi connectivity index (χ0) is 69.9. The average molecular weight is 1370 g/mol. The van der Waals surface area contributed by atoms with Crippen LogP contribution in [0.3, 0.4) is 0 Å². The third-order valence-corrected chi connectivity index (χ3v) is 21.0. The Labute approximate surface area is 596 Å². The summed E-state index contributed by atoms with van der Waals surface area (Å²) in [6, 6.07) is 53.6. The molecule has 0 amide bonds. The van der Waals surface area contributed by atoms with Gasteiger partial charge < -0.3 is 34.1 Å². The lowest BCUT2D eigenvalue weighted by Crippen LogP contribution is -2.24. The van der Waals surface area contributed by atoms with Crippen LogP contribution < -0.4 is 31.5 Å². The van der Waals surface area contributed by atoms with E-state index in [-0.39, 0.29) is 22.7 Å². The van der Waals surface area contributed by atoms with Gasteiger partial charge in [-0.3, -0.25) is 42.1 Å². The number of aromatic nitrogens is 12. The second-order valence-electron chi connectivity index (χ2n) is 27.3. The number of hydrogen-bond acceptors (Lipinski definition) is 13.